The molecule has 4 fully saturated rings. The maximum Gasteiger partial charge on any atom is 0.182 e. The Morgan fingerprint density at radius 3 is 2.54 bits per heavy atom. The highest BCUT2D eigenvalue weighted by Gasteiger charge is 2.79. The van der Waals surface area contributed by atoms with Crippen LogP contribution in [0, 0.1) is 51.2 Å². The first kappa shape index (κ1) is 36.6. The number of Topliss-reactive ketones (excluding diaryl/α,β-unsaturated/α-hetero) is 1. The Morgan fingerprint density at radius 1 is 1.13 bits per heavy atom. The van der Waals surface area contributed by atoms with Crippen molar-refractivity contribution in [3.8, 4) is 0 Å². The van der Waals surface area contributed by atoms with Crippen molar-refractivity contribution in [1.29, 1.82) is 0 Å². The second-order valence-electron chi connectivity index (χ2n) is 18.5. The van der Waals surface area contributed by atoms with E-state index in [9.17, 15) is 30.6 Å². The van der Waals surface area contributed by atoms with Crippen molar-refractivity contribution in [1.82, 2.24) is 10.6 Å². The van der Waals surface area contributed by atoms with E-state index in [-0.39, 0.29) is 61.2 Å². The average molecular weight is 722 g/mol. The highest BCUT2D eigenvalue weighted by atomic mass is 16.5. The minimum absolute atomic E-state index is 0.0257. The summed E-state index contributed by atoms with van der Waals surface area (Å²) in [6, 6.07) is 0. The molecule has 9 rings (SSSR count). The van der Waals surface area contributed by atoms with Crippen LogP contribution in [-0.4, -0.2) is 97.5 Å². The lowest BCUT2D eigenvalue weighted by atomic mass is 9.33. The van der Waals surface area contributed by atoms with Crippen LogP contribution >= 0.6 is 0 Å². The lowest BCUT2D eigenvalue weighted by molar-refractivity contribution is -0.213. The summed E-state index contributed by atoms with van der Waals surface area (Å²) in [7, 11) is 0. The maximum atomic E-state index is 15.2. The monoisotopic (exact) mass is 721 g/mol. The topological polar surface area (TPSA) is 198 Å². The number of rotatable bonds is 7. The Morgan fingerprint density at radius 2 is 1.88 bits per heavy atom. The standard InChI is InChI=1S/C41H59N3O8/c1-21-19-52-33(23(21)3)35(49)37(5,50)29-9-11-41(51)34-31(44-17-22(2)45)32(48)26-14-27(46)28(47)16-39(26)20-38(25-6-7-30(42)43-18-25)10-8-24(15-36(29,41)4)40(34,39)13-12-38/h6-8,10,12-13,18,21-24,26-30,33,35,43-47,49-51H,9,11,14-17,19-20,42H2,1-5H3. The van der Waals surface area contributed by atoms with Gasteiger partial charge in [-0.05, 0) is 98.7 Å². The first-order valence-electron chi connectivity index (χ1n) is 19.5. The van der Waals surface area contributed by atoms with Gasteiger partial charge in [-0.25, -0.2) is 0 Å². The van der Waals surface area contributed by atoms with Crippen molar-refractivity contribution in [3.05, 3.63) is 59.5 Å². The van der Waals surface area contributed by atoms with E-state index >= 15 is 4.79 Å². The molecule has 2 heterocycles. The largest absolute Gasteiger partial charge is 0.392 e. The molecule has 286 valence electrons. The van der Waals surface area contributed by atoms with Crippen molar-refractivity contribution in [2.75, 3.05) is 13.2 Å². The maximum absolute atomic E-state index is 15.2. The van der Waals surface area contributed by atoms with Crippen molar-refractivity contribution in [2.24, 2.45) is 57.0 Å². The number of carbonyl (C=O) groups excluding carboxylic acids is 1. The molecule has 2 spiro atoms. The lowest BCUT2D eigenvalue weighted by Gasteiger charge is -2.71. The number of aliphatic hydroxyl groups excluding tert-OH is 4. The van der Waals surface area contributed by atoms with E-state index in [1.807, 2.05) is 32.2 Å². The molecule has 2 aliphatic heterocycles. The van der Waals surface area contributed by atoms with Gasteiger partial charge in [0, 0.05) is 41.5 Å². The molecule has 17 atom stereocenters. The molecular formula is C41H59N3O8. The van der Waals surface area contributed by atoms with Gasteiger partial charge in [-0.15, -0.1) is 0 Å². The highest BCUT2D eigenvalue weighted by Crippen LogP contribution is 2.80. The molecule has 0 aromatic carbocycles. The van der Waals surface area contributed by atoms with Gasteiger partial charge in [-0.3, -0.25) is 4.79 Å². The van der Waals surface area contributed by atoms with Crippen LogP contribution in [0.1, 0.15) is 73.1 Å². The SMILES string of the molecule is CC(O)CNC1=C2C3(O)CCC(C(C)(O)C(O)C4OCC(C)C4C)C3(C)CC3C=CC4(C5=CNC(N)C=C5)C=CC23C2(CC(O)C(O)CC2C1=O)C4. The molecule has 2 bridgehead atoms. The first-order chi connectivity index (χ1) is 24.4. The number of dihydropyridines is 1. The van der Waals surface area contributed by atoms with E-state index in [0.29, 0.717) is 31.4 Å². The first-order valence-corrected chi connectivity index (χ1v) is 19.5. The number of ketones is 1. The number of hydrogen-bond donors (Lipinski definition) is 9. The molecule has 10 N–H and O–H groups in total. The van der Waals surface area contributed by atoms with Crippen LogP contribution in [0.5, 0.6) is 0 Å². The minimum atomic E-state index is -1.64. The van der Waals surface area contributed by atoms with Crippen LogP contribution < -0.4 is 16.4 Å². The Kier molecular flexibility index (Phi) is 8.33. The molecule has 0 aromatic rings. The van der Waals surface area contributed by atoms with Crippen molar-refractivity contribution in [2.45, 2.75) is 121 Å². The van der Waals surface area contributed by atoms with Gasteiger partial charge in [-0.1, -0.05) is 51.2 Å². The summed E-state index contributed by atoms with van der Waals surface area (Å²) in [5.41, 5.74) is 1.18. The summed E-state index contributed by atoms with van der Waals surface area (Å²) < 4.78 is 6.08. The smallest absolute Gasteiger partial charge is 0.182 e. The number of nitrogens with two attached hydrogens (primary N) is 1. The fourth-order valence-electron chi connectivity index (χ4n) is 13.0. The number of carbonyl (C=O) groups is 1. The fourth-order valence-corrected chi connectivity index (χ4v) is 13.0. The quantitative estimate of drug-likeness (QED) is 0.174. The summed E-state index contributed by atoms with van der Waals surface area (Å²) in [5, 5.41) is 78.0. The fraction of sp³-hybridized carbons (Fsp3) is 0.732. The Bertz CT molecular complexity index is 1670. The van der Waals surface area contributed by atoms with Gasteiger partial charge in [0.1, 0.15) is 6.10 Å². The second kappa shape index (κ2) is 11.8. The van der Waals surface area contributed by atoms with Crippen LogP contribution in [0.15, 0.2) is 59.5 Å². The van der Waals surface area contributed by atoms with Gasteiger partial charge in [0.2, 0.25) is 0 Å². The average Bonchev–Trinajstić information content (AvgIpc) is 3.46. The molecule has 17 unspecified atom stereocenters. The van der Waals surface area contributed by atoms with Crippen LogP contribution in [-0.2, 0) is 9.53 Å². The molecule has 11 nitrogen and oxygen atoms in total. The predicted molar refractivity (Wildman–Crippen MR) is 194 cm³/mol. The lowest BCUT2D eigenvalue weighted by Crippen LogP contribution is -2.72. The van der Waals surface area contributed by atoms with Crippen LogP contribution in [0.2, 0.25) is 0 Å². The summed E-state index contributed by atoms with van der Waals surface area (Å²) >= 11 is 0. The zero-order valence-electron chi connectivity index (χ0n) is 31.1. The van der Waals surface area contributed by atoms with Crippen LogP contribution in [0.25, 0.3) is 0 Å². The number of fused-ring (bicyclic) bond motifs is 2. The van der Waals surface area contributed by atoms with Gasteiger partial charge in [0.25, 0.3) is 0 Å². The number of allylic oxidation sites excluding steroid dienone is 7. The highest BCUT2D eigenvalue weighted by molar-refractivity contribution is 6.01. The Labute approximate surface area is 306 Å². The predicted octanol–water partition coefficient (Wildman–Crippen LogP) is 1.69. The van der Waals surface area contributed by atoms with E-state index in [1.54, 1.807) is 13.8 Å². The molecule has 11 heteroatoms. The van der Waals surface area contributed by atoms with Crippen LogP contribution in [0.3, 0.4) is 0 Å². The van der Waals surface area contributed by atoms with Gasteiger partial charge in [0.05, 0.1) is 47.5 Å². The third-order valence-corrected chi connectivity index (χ3v) is 15.8. The summed E-state index contributed by atoms with van der Waals surface area (Å²) in [6.07, 6.45) is 11.4. The molecule has 7 aliphatic carbocycles. The summed E-state index contributed by atoms with van der Waals surface area (Å²) in [6.45, 7) is 10.0. The van der Waals surface area contributed by atoms with Crippen molar-refractivity contribution >= 4 is 5.78 Å². The zero-order chi connectivity index (χ0) is 37.4. The summed E-state index contributed by atoms with van der Waals surface area (Å²) in [4.78, 5) is 15.2. The molecule has 0 amide bonds. The molecule has 1 saturated heterocycles. The van der Waals surface area contributed by atoms with Crippen molar-refractivity contribution < 1.29 is 40.2 Å². The number of hydrogen-bond acceptors (Lipinski definition) is 11. The number of ether oxygens (including phenoxy) is 1. The van der Waals surface area contributed by atoms with Crippen LogP contribution in [0.4, 0.5) is 0 Å². The third-order valence-electron chi connectivity index (χ3n) is 15.8. The molecule has 9 aliphatic rings. The van der Waals surface area contributed by atoms with E-state index in [0.717, 1.165) is 5.57 Å². The molecular weight excluding hydrogens is 662 g/mol. The van der Waals surface area contributed by atoms with E-state index in [1.165, 1.54) is 0 Å². The molecule has 0 radical (unpaired) electrons. The van der Waals surface area contributed by atoms with Gasteiger partial charge in [0.15, 0.2) is 5.78 Å². The Hall–Kier alpha value is -2.35. The normalized spacial score (nSPS) is 51.1. The van der Waals surface area contributed by atoms with Crippen molar-refractivity contribution in [3.63, 3.8) is 0 Å². The zero-order valence-corrected chi connectivity index (χ0v) is 31.1. The Balaban J connectivity index is 1.36. The number of nitrogens with one attached hydrogen (secondary N) is 2. The third kappa shape index (κ3) is 4.57. The van der Waals surface area contributed by atoms with E-state index in [4.69, 9.17) is 10.5 Å². The minimum Gasteiger partial charge on any atom is -0.392 e. The van der Waals surface area contributed by atoms with Gasteiger partial charge < -0.3 is 51.7 Å². The molecule has 52 heavy (non-hydrogen) atoms. The van der Waals surface area contributed by atoms with E-state index < -0.39 is 75.2 Å². The molecule has 0 aromatic heterocycles. The molecule has 3 saturated carbocycles. The number of aliphatic hydroxyl groups is 6. The van der Waals surface area contributed by atoms with Gasteiger partial charge >= 0.3 is 0 Å². The van der Waals surface area contributed by atoms with Gasteiger partial charge in [-0.2, -0.15) is 0 Å². The van der Waals surface area contributed by atoms with E-state index in [2.05, 4.69) is 41.9 Å². The summed E-state index contributed by atoms with van der Waals surface area (Å²) in [5.74, 6) is -1.52. The second-order valence-corrected chi connectivity index (χ2v) is 18.5.